The molecule has 0 saturated carbocycles. The fourth-order valence-electron chi connectivity index (χ4n) is 1.79. The van der Waals surface area contributed by atoms with Gasteiger partial charge in [-0.2, -0.15) is 0 Å². The standard InChI is InChI=1S/C15H20ClN3O5/c1-9(14(21)18-15(22)24-4)19(2)8-13(20)17-11-7-10(16)5-6-12(11)23-3/h5-7,9H,8H2,1-4H3,(H,17,20)(H,18,21,22)/t9-/m1/s1. The number of methoxy groups -OCH3 is 2. The first-order chi connectivity index (χ1) is 11.3. The van der Waals surface area contributed by atoms with Crippen LogP contribution >= 0.6 is 11.6 Å². The van der Waals surface area contributed by atoms with Gasteiger partial charge < -0.3 is 14.8 Å². The van der Waals surface area contributed by atoms with Crippen LogP contribution in [0, 0.1) is 0 Å². The van der Waals surface area contributed by atoms with Crippen molar-refractivity contribution in [1.82, 2.24) is 10.2 Å². The Labute approximate surface area is 145 Å². The number of carbonyl (C=O) groups excluding carboxylic acids is 3. The summed E-state index contributed by atoms with van der Waals surface area (Å²) in [6.07, 6.45) is -0.853. The first-order valence-corrected chi connectivity index (χ1v) is 7.38. The average molecular weight is 358 g/mol. The van der Waals surface area contributed by atoms with Crippen molar-refractivity contribution < 1.29 is 23.9 Å². The Balaban J connectivity index is 2.65. The number of likely N-dealkylation sites (N-methyl/N-ethyl adjacent to an activating group) is 1. The molecule has 0 saturated heterocycles. The second-order valence-electron chi connectivity index (χ2n) is 4.96. The van der Waals surface area contributed by atoms with Gasteiger partial charge in [0.1, 0.15) is 5.75 Å². The minimum absolute atomic E-state index is 0.0779. The van der Waals surface area contributed by atoms with Gasteiger partial charge in [-0.1, -0.05) is 11.6 Å². The van der Waals surface area contributed by atoms with Crippen molar-refractivity contribution >= 4 is 35.2 Å². The largest absolute Gasteiger partial charge is 0.495 e. The van der Waals surface area contributed by atoms with Crippen LogP contribution in [0.2, 0.25) is 5.02 Å². The molecule has 0 aliphatic heterocycles. The first kappa shape index (κ1) is 19.7. The molecular weight excluding hydrogens is 338 g/mol. The maximum atomic E-state index is 12.1. The van der Waals surface area contributed by atoms with Gasteiger partial charge in [-0.3, -0.25) is 19.8 Å². The van der Waals surface area contributed by atoms with E-state index in [0.29, 0.717) is 16.5 Å². The number of ether oxygens (including phenoxy) is 2. The molecule has 1 aromatic carbocycles. The van der Waals surface area contributed by atoms with Crippen LogP contribution in [-0.2, 0) is 14.3 Å². The molecule has 8 nitrogen and oxygen atoms in total. The average Bonchev–Trinajstić information content (AvgIpc) is 2.53. The number of halogens is 1. The van der Waals surface area contributed by atoms with E-state index in [2.05, 4.69) is 10.1 Å². The summed E-state index contributed by atoms with van der Waals surface area (Å²) >= 11 is 5.90. The van der Waals surface area contributed by atoms with Gasteiger partial charge in [-0.15, -0.1) is 0 Å². The van der Waals surface area contributed by atoms with Gasteiger partial charge in [-0.05, 0) is 32.2 Å². The highest BCUT2D eigenvalue weighted by Crippen LogP contribution is 2.27. The maximum Gasteiger partial charge on any atom is 0.413 e. The predicted molar refractivity (Wildman–Crippen MR) is 89.3 cm³/mol. The smallest absolute Gasteiger partial charge is 0.413 e. The Kier molecular flexibility index (Phi) is 7.47. The van der Waals surface area contributed by atoms with Crippen molar-refractivity contribution in [3.05, 3.63) is 23.2 Å². The highest BCUT2D eigenvalue weighted by Gasteiger charge is 2.22. The first-order valence-electron chi connectivity index (χ1n) is 7.01. The van der Waals surface area contributed by atoms with E-state index in [1.165, 1.54) is 12.0 Å². The Morgan fingerprint density at radius 2 is 1.96 bits per heavy atom. The molecule has 24 heavy (non-hydrogen) atoms. The molecular formula is C15H20ClN3O5. The molecule has 2 N–H and O–H groups in total. The summed E-state index contributed by atoms with van der Waals surface area (Å²) in [5.41, 5.74) is 0.426. The van der Waals surface area contributed by atoms with E-state index in [1.54, 1.807) is 32.2 Å². The van der Waals surface area contributed by atoms with Gasteiger partial charge in [0.2, 0.25) is 11.8 Å². The van der Waals surface area contributed by atoms with E-state index in [4.69, 9.17) is 16.3 Å². The molecule has 0 aliphatic rings. The Morgan fingerprint density at radius 1 is 1.29 bits per heavy atom. The highest BCUT2D eigenvalue weighted by molar-refractivity contribution is 6.31. The number of imide groups is 1. The molecule has 0 fully saturated rings. The van der Waals surface area contributed by atoms with E-state index >= 15 is 0 Å². The number of hydrogen-bond donors (Lipinski definition) is 2. The summed E-state index contributed by atoms with van der Waals surface area (Å²) < 4.78 is 9.50. The van der Waals surface area contributed by atoms with Crippen molar-refractivity contribution in [3.63, 3.8) is 0 Å². The van der Waals surface area contributed by atoms with Gasteiger partial charge >= 0.3 is 6.09 Å². The number of alkyl carbamates (subject to hydrolysis) is 1. The van der Waals surface area contributed by atoms with Crippen molar-refractivity contribution in [2.75, 3.05) is 33.1 Å². The van der Waals surface area contributed by atoms with Gasteiger partial charge in [0, 0.05) is 5.02 Å². The monoisotopic (exact) mass is 357 g/mol. The summed E-state index contributed by atoms with van der Waals surface area (Å²) in [6, 6.07) is 4.12. The van der Waals surface area contributed by atoms with Crippen LogP contribution in [0.5, 0.6) is 5.75 Å². The van der Waals surface area contributed by atoms with E-state index in [-0.39, 0.29) is 12.5 Å². The van der Waals surface area contributed by atoms with Gasteiger partial charge in [-0.25, -0.2) is 4.79 Å². The number of hydrogen-bond acceptors (Lipinski definition) is 6. The third kappa shape index (κ3) is 5.71. The van der Waals surface area contributed by atoms with E-state index < -0.39 is 18.0 Å². The molecule has 1 atom stereocenters. The fourth-order valence-corrected chi connectivity index (χ4v) is 1.96. The molecule has 9 heteroatoms. The van der Waals surface area contributed by atoms with Crippen LogP contribution in [0.3, 0.4) is 0 Å². The second kappa shape index (κ2) is 9.09. The minimum atomic E-state index is -0.853. The topological polar surface area (TPSA) is 97.0 Å². The van der Waals surface area contributed by atoms with Crippen LogP contribution in [-0.4, -0.2) is 56.7 Å². The summed E-state index contributed by atoms with van der Waals surface area (Å²) in [7, 11) is 4.21. The Morgan fingerprint density at radius 3 is 2.54 bits per heavy atom. The molecule has 0 bridgehead atoms. The zero-order valence-corrected chi connectivity index (χ0v) is 14.6. The molecule has 0 unspecified atom stereocenters. The van der Waals surface area contributed by atoms with Crippen LogP contribution in [0.4, 0.5) is 10.5 Å². The summed E-state index contributed by atoms with van der Waals surface area (Å²) in [6.45, 7) is 1.48. The quantitative estimate of drug-likeness (QED) is 0.800. The van der Waals surface area contributed by atoms with Gasteiger partial charge in [0.05, 0.1) is 32.5 Å². The zero-order valence-electron chi connectivity index (χ0n) is 13.9. The molecule has 0 heterocycles. The van der Waals surface area contributed by atoms with Crippen molar-refractivity contribution in [2.45, 2.75) is 13.0 Å². The normalized spacial score (nSPS) is 11.6. The van der Waals surface area contributed by atoms with E-state index in [9.17, 15) is 14.4 Å². The van der Waals surface area contributed by atoms with Crippen molar-refractivity contribution in [1.29, 1.82) is 0 Å². The lowest BCUT2D eigenvalue weighted by Crippen LogP contribution is -2.47. The number of carbonyl (C=O) groups is 3. The summed E-state index contributed by atoms with van der Waals surface area (Å²) in [5.74, 6) is -0.472. The summed E-state index contributed by atoms with van der Waals surface area (Å²) in [5, 5.41) is 5.16. The van der Waals surface area contributed by atoms with E-state index in [1.807, 2.05) is 5.32 Å². The number of nitrogens with one attached hydrogen (secondary N) is 2. The maximum absolute atomic E-state index is 12.1. The van der Waals surface area contributed by atoms with Crippen molar-refractivity contribution in [2.24, 2.45) is 0 Å². The molecule has 0 radical (unpaired) electrons. The molecule has 3 amide bonds. The lowest BCUT2D eigenvalue weighted by molar-refractivity contribution is -0.125. The van der Waals surface area contributed by atoms with Crippen molar-refractivity contribution in [3.8, 4) is 5.75 Å². The van der Waals surface area contributed by atoms with Crippen LogP contribution < -0.4 is 15.4 Å². The van der Waals surface area contributed by atoms with Crippen LogP contribution in [0.15, 0.2) is 18.2 Å². The Hall–Kier alpha value is -2.32. The minimum Gasteiger partial charge on any atom is -0.495 e. The number of benzene rings is 1. The third-order valence-corrected chi connectivity index (χ3v) is 3.51. The number of anilines is 1. The third-order valence-electron chi connectivity index (χ3n) is 3.28. The SMILES string of the molecule is COC(=O)NC(=O)[C@@H](C)N(C)CC(=O)Nc1cc(Cl)ccc1OC. The highest BCUT2D eigenvalue weighted by atomic mass is 35.5. The molecule has 0 spiro atoms. The van der Waals surface area contributed by atoms with E-state index in [0.717, 1.165) is 7.11 Å². The lowest BCUT2D eigenvalue weighted by Gasteiger charge is -2.22. The second-order valence-corrected chi connectivity index (χ2v) is 5.40. The molecule has 1 aromatic rings. The van der Waals surface area contributed by atoms with Crippen LogP contribution in [0.25, 0.3) is 0 Å². The van der Waals surface area contributed by atoms with Gasteiger partial charge in [0.25, 0.3) is 0 Å². The zero-order chi connectivity index (χ0) is 18.3. The fraction of sp³-hybridized carbons (Fsp3) is 0.400. The van der Waals surface area contributed by atoms with Gasteiger partial charge in [0.15, 0.2) is 0 Å². The van der Waals surface area contributed by atoms with Crippen LogP contribution in [0.1, 0.15) is 6.92 Å². The molecule has 0 aliphatic carbocycles. The molecule has 0 aromatic heterocycles. The number of amides is 3. The Bertz CT molecular complexity index is 623. The number of rotatable bonds is 6. The molecule has 132 valence electrons. The molecule has 1 rings (SSSR count). The number of nitrogens with zero attached hydrogens (tertiary/aromatic N) is 1. The summed E-state index contributed by atoms with van der Waals surface area (Å²) in [4.78, 5) is 36.5. The predicted octanol–water partition coefficient (Wildman–Crippen LogP) is 1.49. The lowest BCUT2D eigenvalue weighted by atomic mass is 10.2.